The minimum atomic E-state index is -0.890. The van der Waals surface area contributed by atoms with Gasteiger partial charge in [0.2, 0.25) is 23.6 Å². The maximum atomic E-state index is 13.6. The molecule has 7 N–H and O–H groups in total. The van der Waals surface area contributed by atoms with Crippen LogP contribution in [0.5, 0.6) is 0 Å². The molecule has 19 atom stereocenters. The molecule has 114 heavy (non-hydrogen) atoms. The third-order valence-corrected chi connectivity index (χ3v) is 23.5. The summed E-state index contributed by atoms with van der Waals surface area (Å²) < 4.78 is 31.7. The Kier molecular flexibility index (Phi) is 34.7. The topological polar surface area (TPSA) is 401 Å². The average Bonchev–Trinajstić information content (AvgIpc) is 1.69. The number of hydrogen-bond acceptors (Lipinski definition) is 20. The third kappa shape index (κ3) is 25.4. The molecule has 11 rings (SSSR count). The standard InChI is InChI=1S/C24H32N4O5.C24H34N2O5.C14H25NO4.C14H23NO3.C10H11NO2/c1-14(2)18(11-20(26-27-25)21-12-19(15(3)4)23(30)33-21)22(29)28-17(13-32-24(28)31)10-16-8-6-5-7-9-16;1-14(2)18(11-20(25)21-12-19(15(3)4)23(28)31-21)22(27)26-17(13-30-24(26)29)10-16-8-6-5-7-9-16;1-7(2)9-5-11(15-13(9)17)12(16)6-10(8(3)4)14(18)19;1-7(2)9-5-11(15-13(9)16)12-6-10(8(3)4)14(17)18-12;12-10-11-9(7-13-10)6-8-4-2-1-3-5-8/h5-9,14-15,17-21H,10-13H2,1-4H3;5-9,14-15,17-21H,10-13,25H2,1-4H3;7-12,16H,5-6H2,1-4H3,(H,15,17)(H,18,19);7-12H,5-6H2,1-4H3,(H,15,16);1-5,9H,6-7H2,(H,11,12)/t2*17-,18-,19?,20-,21-;2*9?,10?,11-,12-;9-/m00000/s1. The zero-order chi connectivity index (χ0) is 84.1. The summed E-state index contributed by atoms with van der Waals surface area (Å²) in [5.41, 5.74) is 18.8. The molecule has 8 aliphatic heterocycles. The minimum Gasteiger partial charge on any atom is -0.481 e. The normalized spacial score (nSPS) is 26.6. The number of ether oxygens (including phenoxy) is 6. The number of nitrogens with one attached hydrogen (secondary N) is 3. The Hall–Kier alpha value is -9.14. The van der Waals surface area contributed by atoms with Gasteiger partial charge in [-0.05, 0) is 140 Å². The maximum Gasteiger partial charge on any atom is 0.416 e. The number of rotatable bonds is 28. The lowest BCUT2D eigenvalue weighted by molar-refractivity contribution is -0.147. The van der Waals surface area contributed by atoms with E-state index < -0.39 is 72.3 Å². The number of esters is 3. The van der Waals surface area contributed by atoms with Gasteiger partial charge < -0.3 is 60.3 Å². The number of azide groups is 1. The van der Waals surface area contributed by atoms with Crippen LogP contribution < -0.4 is 21.7 Å². The van der Waals surface area contributed by atoms with Crippen molar-refractivity contribution in [3.05, 3.63) is 118 Å². The van der Waals surface area contributed by atoms with Crippen molar-refractivity contribution in [2.45, 2.75) is 248 Å². The van der Waals surface area contributed by atoms with E-state index in [4.69, 9.17) is 44.8 Å². The van der Waals surface area contributed by atoms with E-state index in [9.17, 15) is 57.8 Å². The van der Waals surface area contributed by atoms with Crippen molar-refractivity contribution in [1.82, 2.24) is 25.8 Å². The molecule has 0 saturated carbocycles. The van der Waals surface area contributed by atoms with E-state index in [-0.39, 0.29) is 169 Å². The highest BCUT2D eigenvalue weighted by atomic mass is 16.6. The van der Waals surface area contributed by atoms with E-state index in [1.807, 2.05) is 188 Å². The monoisotopic (exact) mass is 1590 g/mol. The van der Waals surface area contributed by atoms with Crippen molar-refractivity contribution in [3.63, 3.8) is 0 Å². The molecule has 8 fully saturated rings. The zero-order valence-electron chi connectivity index (χ0n) is 69.3. The Morgan fingerprint density at radius 1 is 0.491 bits per heavy atom. The van der Waals surface area contributed by atoms with Gasteiger partial charge in [-0.2, -0.15) is 0 Å². The summed E-state index contributed by atoms with van der Waals surface area (Å²) in [6.45, 7) is 32.2. The van der Waals surface area contributed by atoms with Crippen LogP contribution in [0.2, 0.25) is 0 Å². The van der Waals surface area contributed by atoms with Crippen molar-refractivity contribution in [2.24, 2.45) is 106 Å². The number of cyclic esters (lactones) is 6. The summed E-state index contributed by atoms with van der Waals surface area (Å²) in [7, 11) is 0. The maximum absolute atomic E-state index is 13.6. The Labute approximate surface area is 671 Å². The number of nitrogens with two attached hydrogens (primary N) is 1. The van der Waals surface area contributed by atoms with Crippen LogP contribution in [0.15, 0.2) is 96.1 Å². The summed E-state index contributed by atoms with van der Waals surface area (Å²) in [6, 6.07) is 27.4. The van der Waals surface area contributed by atoms with Crippen LogP contribution in [0.4, 0.5) is 14.4 Å². The molecule has 8 heterocycles. The van der Waals surface area contributed by atoms with E-state index in [1.54, 1.807) is 0 Å². The van der Waals surface area contributed by atoms with Gasteiger partial charge in [0.1, 0.15) is 38.1 Å². The Morgan fingerprint density at radius 2 is 0.904 bits per heavy atom. The Balaban J connectivity index is 0.000000205. The summed E-state index contributed by atoms with van der Waals surface area (Å²) >= 11 is 0. The van der Waals surface area contributed by atoms with Gasteiger partial charge in [0.15, 0.2) is 0 Å². The summed E-state index contributed by atoms with van der Waals surface area (Å²) in [4.78, 5) is 139. The van der Waals surface area contributed by atoms with Gasteiger partial charge in [-0.15, -0.1) is 0 Å². The van der Waals surface area contributed by atoms with Gasteiger partial charge in [0.05, 0.1) is 66.0 Å². The van der Waals surface area contributed by atoms with Gasteiger partial charge in [-0.25, -0.2) is 24.2 Å². The molecular weight excluding hydrogens is 1460 g/mol. The number of carboxylic acids is 1. The van der Waals surface area contributed by atoms with Crippen LogP contribution in [0.25, 0.3) is 10.4 Å². The lowest BCUT2D eigenvalue weighted by Gasteiger charge is -2.30. The molecule has 7 amide bonds. The predicted molar refractivity (Wildman–Crippen MR) is 424 cm³/mol. The number of aliphatic carboxylic acids is 1. The number of hydrogen-bond donors (Lipinski definition) is 6. The molecular formula is C86H125N9O19. The second kappa shape index (κ2) is 43.0. The molecule has 3 aromatic rings. The van der Waals surface area contributed by atoms with Crippen LogP contribution in [-0.2, 0) is 86.0 Å². The second-order valence-corrected chi connectivity index (χ2v) is 34.6. The summed E-state index contributed by atoms with van der Waals surface area (Å²) in [5, 5.41) is 31.7. The lowest BCUT2D eigenvalue weighted by Crippen LogP contribution is -2.47. The van der Waals surface area contributed by atoms with Crippen LogP contribution in [-0.4, -0.2) is 172 Å². The highest BCUT2D eigenvalue weighted by Crippen LogP contribution is 2.39. The highest BCUT2D eigenvalue weighted by molar-refractivity contribution is 5.96. The molecule has 3 aromatic carbocycles. The fourth-order valence-electron chi connectivity index (χ4n) is 16.1. The van der Waals surface area contributed by atoms with E-state index in [1.165, 1.54) is 15.4 Å². The number of benzene rings is 3. The number of carbonyl (C=O) groups is 11. The van der Waals surface area contributed by atoms with E-state index in [0.29, 0.717) is 57.0 Å². The molecule has 28 nitrogen and oxygen atoms in total. The first-order valence-electron chi connectivity index (χ1n) is 40.9. The first kappa shape index (κ1) is 92.0. The average molecular weight is 1590 g/mol. The number of carboxylic acid groups (broad SMARTS) is 1. The van der Waals surface area contributed by atoms with Crippen molar-refractivity contribution in [2.75, 3.05) is 19.8 Å². The quantitative estimate of drug-likeness (QED) is 0.0129. The van der Waals surface area contributed by atoms with Gasteiger partial charge in [-0.3, -0.25) is 38.4 Å². The molecule has 6 unspecified atom stereocenters. The molecule has 28 heteroatoms. The number of aliphatic hydroxyl groups excluding tert-OH is 1. The SMILES string of the molecule is CC(C)C(C[C@H](O)[C@@H]1CC(C(C)C)C(=O)N1)C(=O)O.CC(C)C1C[C@@H]([C@@H](N)C[C@H](C(=O)N2C(=O)OC[C@@H]2Cc2ccccc2)C(C)C)OC1=O.CC(C)C1C[C@@H]([C@@H]2CC(C(C)C)C(=O)O2)NC1=O.CC(C)C1C[C@@H]([C@H](C[C@H](C(=O)N2C(=O)OC[C@@H]2Cc2ccccc2)C(C)C)N=[N+]=[N-])OC1=O.O=C1N[C@@H](Cc2ccccc2)CO1. The van der Waals surface area contributed by atoms with Crippen LogP contribution in [0.1, 0.15) is 179 Å². The van der Waals surface area contributed by atoms with Crippen molar-refractivity contribution < 1.29 is 91.4 Å². The number of aliphatic hydroxyl groups is 1. The van der Waals surface area contributed by atoms with Crippen molar-refractivity contribution in [3.8, 4) is 0 Å². The van der Waals surface area contributed by atoms with Crippen molar-refractivity contribution >= 4 is 65.8 Å². The van der Waals surface area contributed by atoms with Gasteiger partial charge in [0.25, 0.3) is 0 Å². The molecule has 0 aromatic heterocycles. The van der Waals surface area contributed by atoms with E-state index in [0.717, 1.165) is 30.4 Å². The number of carbonyl (C=O) groups excluding carboxylic acids is 10. The zero-order valence-corrected chi connectivity index (χ0v) is 69.3. The Morgan fingerprint density at radius 3 is 1.30 bits per heavy atom. The number of alkyl carbamates (subject to hydrolysis) is 1. The van der Waals surface area contributed by atoms with Crippen LogP contribution in [0, 0.1) is 94.7 Å². The van der Waals surface area contributed by atoms with Crippen LogP contribution in [0.3, 0.4) is 0 Å². The fourth-order valence-corrected chi connectivity index (χ4v) is 16.1. The second-order valence-electron chi connectivity index (χ2n) is 34.6. The highest BCUT2D eigenvalue weighted by Gasteiger charge is 2.50. The smallest absolute Gasteiger partial charge is 0.416 e. The van der Waals surface area contributed by atoms with Gasteiger partial charge >= 0.3 is 42.2 Å². The number of amides is 7. The lowest BCUT2D eigenvalue weighted by atomic mass is 9.84. The molecule has 0 bridgehead atoms. The number of imide groups is 2. The van der Waals surface area contributed by atoms with Crippen molar-refractivity contribution in [1.29, 1.82) is 0 Å². The van der Waals surface area contributed by atoms with E-state index >= 15 is 0 Å². The van der Waals surface area contributed by atoms with Gasteiger partial charge in [-0.1, -0.05) is 207 Å². The molecule has 0 radical (unpaired) electrons. The molecule has 0 spiro atoms. The minimum absolute atomic E-state index is 0.00926. The summed E-state index contributed by atoms with van der Waals surface area (Å²) in [5.74, 6) is -3.14. The Bertz CT molecular complexity index is 3730. The molecule has 628 valence electrons. The van der Waals surface area contributed by atoms with Crippen LogP contribution >= 0.6 is 0 Å². The first-order chi connectivity index (χ1) is 53.9. The fraction of sp³-hybridized carbons (Fsp3) is 0.663. The third-order valence-electron chi connectivity index (χ3n) is 23.5. The predicted octanol–water partition coefficient (Wildman–Crippen LogP) is 12.0. The summed E-state index contributed by atoms with van der Waals surface area (Å²) in [6.07, 6.45) is 2.27. The first-order valence-corrected chi connectivity index (χ1v) is 40.9. The van der Waals surface area contributed by atoms with E-state index in [2.05, 4.69) is 39.8 Å². The number of nitrogens with zero attached hydrogens (tertiary/aromatic N) is 5. The van der Waals surface area contributed by atoms with Gasteiger partial charge in [0, 0.05) is 34.6 Å². The largest absolute Gasteiger partial charge is 0.481 e. The molecule has 8 aliphatic rings. The molecule has 0 aliphatic carbocycles. The molecule has 8 saturated heterocycles.